The maximum Gasteiger partial charge on any atom is 0.0974 e. The zero-order valence-electron chi connectivity index (χ0n) is 9.90. The van der Waals surface area contributed by atoms with E-state index in [2.05, 4.69) is 6.07 Å². The summed E-state index contributed by atoms with van der Waals surface area (Å²) < 4.78 is 5.07. The molecule has 1 N–H and O–H groups in total. The predicted molar refractivity (Wildman–Crippen MR) is 61.5 cm³/mol. The lowest BCUT2D eigenvalue weighted by Gasteiger charge is -2.25. The maximum atomic E-state index is 10.2. The predicted octanol–water partition coefficient (Wildman–Crippen LogP) is 2.42. The van der Waals surface area contributed by atoms with Gasteiger partial charge in [-0.05, 0) is 25.0 Å². The second-order valence-corrected chi connectivity index (χ2v) is 4.37. The highest BCUT2D eigenvalue weighted by atomic mass is 16.5. The van der Waals surface area contributed by atoms with Crippen LogP contribution < -0.4 is 0 Å². The molecule has 0 saturated carbocycles. The molecule has 3 heteroatoms. The first kappa shape index (κ1) is 12.7. The Hall–Kier alpha value is -1.37. The van der Waals surface area contributed by atoms with Crippen molar-refractivity contribution in [3.8, 4) is 6.07 Å². The largest absolute Gasteiger partial charge is 0.387 e. The van der Waals surface area contributed by atoms with Crippen molar-refractivity contribution in [3.63, 3.8) is 0 Å². The van der Waals surface area contributed by atoms with Crippen LogP contribution in [0.2, 0.25) is 0 Å². The summed E-state index contributed by atoms with van der Waals surface area (Å²) in [5, 5.41) is 19.2. The summed E-state index contributed by atoms with van der Waals surface area (Å²) in [5.41, 5.74) is 0.876. The number of nitrogens with zero attached hydrogens (tertiary/aromatic N) is 1. The average Bonchev–Trinajstić information content (AvgIpc) is 2.29. The summed E-state index contributed by atoms with van der Waals surface area (Å²) in [6.07, 6.45) is -0.802. The van der Waals surface area contributed by atoms with E-state index in [4.69, 9.17) is 10.00 Å². The zero-order chi connectivity index (χ0) is 12.2. The SMILES string of the molecule is COCc1ccccc1C(O)C(C)(C)C#N. The minimum atomic E-state index is -0.802. The van der Waals surface area contributed by atoms with Gasteiger partial charge in [-0.2, -0.15) is 5.26 Å². The molecule has 0 fully saturated rings. The van der Waals surface area contributed by atoms with Crippen LogP contribution in [0.1, 0.15) is 31.1 Å². The van der Waals surface area contributed by atoms with Gasteiger partial charge in [0.05, 0.1) is 24.2 Å². The first-order chi connectivity index (χ1) is 7.53. The summed E-state index contributed by atoms with van der Waals surface area (Å²) >= 11 is 0. The van der Waals surface area contributed by atoms with Crippen LogP contribution in [0, 0.1) is 16.7 Å². The van der Waals surface area contributed by atoms with Crippen LogP contribution in [0.3, 0.4) is 0 Å². The summed E-state index contributed by atoms with van der Waals surface area (Å²) in [7, 11) is 1.61. The van der Waals surface area contributed by atoms with Gasteiger partial charge in [0.2, 0.25) is 0 Å². The summed E-state index contributed by atoms with van der Waals surface area (Å²) in [5.74, 6) is 0. The lowest BCUT2D eigenvalue weighted by atomic mass is 9.82. The number of aliphatic hydroxyl groups excluding tert-OH is 1. The summed E-state index contributed by atoms with van der Waals surface area (Å²) in [4.78, 5) is 0. The van der Waals surface area contributed by atoms with Crippen molar-refractivity contribution in [2.24, 2.45) is 5.41 Å². The van der Waals surface area contributed by atoms with Gasteiger partial charge in [-0.15, -0.1) is 0 Å². The molecule has 0 aliphatic heterocycles. The van der Waals surface area contributed by atoms with Crippen LogP contribution in [-0.4, -0.2) is 12.2 Å². The lowest BCUT2D eigenvalue weighted by Crippen LogP contribution is -2.21. The highest BCUT2D eigenvalue weighted by Gasteiger charge is 2.30. The third kappa shape index (κ3) is 2.60. The molecule has 3 nitrogen and oxygen atoms in total. The summed E-state index contributed by atoms with van der Waals surface area (Å²) in [6, 6.07) is 9.59. The van der Waals surface area contributed by atoms with E-state index in [0.717, 1.165) is 11.1 Å². The second-order valence-electron chi connectivity index (χ2n) is 4.37. The third-order valence-electron chi connectivity index (χ3n) is 2.62. The van der Waals surface area contributed by atoms with E-state index in [9.17, 15) is 5.11 Å². The Morgan fingerprint density at radius 1 is 1.44 bits per heavy atom. The average molecular weight is 219 g/mol. The fraction of sp³-hybridized carbons (Fsp3) is 0.462. The number of benzene rings is 1. The molecule has 0 aromatic heterocycles. The van der Waals surface area contributed by atoms with Gasteiger partial charge in [-0.25, -0.2) is 0 Å². The molecule has 86 valence electrons. The van der Waals surface area contributed by atoms with Crippen molar-refractivity contribution in [1.29, 1.82) is 5.26 Å². The van der Waals surface area contributed by atoms with Gasteiger partial charge in [0.25, 0.3) is 0 Å². The molecule has 0 bridgehead atoms. The zero-order valence-corrected chi connectivity index (χ0v) is 9.90. The van der Waals surface area contributed by atoms with E-state index in [1.165, 1.54) is 0 Å². The Morgan fingerprint density at radius 3 is 2.62 bits per heavy atom. The third-order valence-corrected chi connectivity index (χ3v) is 2.62. The lowest BCUT2D eigenvalue weighted by molar-refractivity contribution is 0.0832. The molecule has 0 spiro atoms. The van der Waals surface area contributed by atoms with Crippen LogP contribution in [0.4, 0.5) is 0 Å². The number of methoxy groups -OCH3 is 1. The summed E-state index contributed by atoms with van der Waals surface area (Å²) in [6.45, 7) is 3.89. The van der Waals surface area contributed by atoms with Crippen LogP contribution in [0.5, 0.6) is 0 Å². The molecule has 0 heterocycles. The van der Waals surface area contributed by atoms with Gasteiger partial charge in [-0.1, -0.05) is 24.3 Å². The van der Waals surface area contributed by atoms with E-state index < -0.39 is 11.5 Å². The Kier molecular flexibility index (Phi) is 4.05. The van der Waals surface area contributed by atoms with Crippen LogP contribution in [0.25, 0.3) is 0 Å². The van der Waals surface area contributed by atoms with Crippen LogP contribution in [0.15, 0.2) is 24.3 Å². The Morgan fingerprint density at radius 2 is 2.06 bits per heavy atom. The van der Waals surface area contributed by atoms with Gasteiger partial charge in [-0.3, -0.25) is 0 Å². The number of aliphatic hydroxyl groups is 1. The Labute approximate surface area is 96.3 Å². The fourth-order valence-electron chi connectivity index (χ4n) is 1.54. The first-order valence-electron chi connectivity index (χ1n) is 5.19. The van der Waals surface area contributed by atoms with Gasteiger partial charge in [0.1, 0.15) is 0 Å². The smallest absolute Gasteiger partial charge is 0.0974 e. The molecular weight excluding hydrogens is 202 g/mol. The molecule has 16 heavy (non-hydrogen) atoms. The minimum absolute atomic E-state index is 0.439. The second kappa shape index (κ2) is 5.11. The van der Waals surface area contributed by atoms with Crippen molar-refractivity contribution in [1.82, 2.24) is 0 Å². The number of hydrogen-bond acceptors (Lipinski definition) is 3. The van der Waals surface area contributed by atoms with E-state index in [0.29, 0.717) is 6.61 Å². The molecular formula is C13H17NO2. The molecule has 1 atom stereocenters. The number of nitriles is 1. The number of rotatable bonds is 4. The van der Waals surface area contributed by atoms with Gasteiger partial charge >= 0.3 is 0 Å². The maximum absolute atomic E-state index is 10.2. The van der Waals surface area contributed by atoms with Crippen molar-refractivity contribution in [3.05, 3.63) is 35.4 Å². The highest BCUT2D eigenvalue weighted by Crippen LogP contribution is 2.34. The monoisotopic (exact) mass is 219 g/mol. The Bertz CT molecular complexity index is 393. The normalized spacial score (nSPS) is 13.2. The highest BCUT2D eigenvalue weighted by molar-refractivity contribution is 5.31. The molecule has 0 aliphatic rings. The molecule has 1 unspecified atom stereocenters. The van der Waals surface area contributed by atoms with Crippen LogP contribution >= 0.6 is 0 Å². The van der Waals surface area contributed by atoms with Crippen molar-refractivity contribution in [2.75, 3.05) is 7.11 Å². The van der Waals surface area contributed by atoms with Gasteiger partial charge < -0.3 is 9.84 Å². The molecule has 0 radical (unpaired) electrons. The van der Waals surface area contributed by atoms with Crippen molar-refractivity contribution < 1.29 is 9.84 Å². The topological polar surface area (TPSA) is 53.2 Å². The minimum Gasteiger partial charge on any atom is -0.387 e. The molecule has 0 saturated heterocycles. The van der Waals surface area contributed by atoms with E-state index in [1.54, 1.807) is 21.0 Å². The number of ether oxygens (including phenoxy) is 1. The quantitative estimate of drug-likeness (QED) is 0.846. The van der Waals surface area contributed by atoms with Gasteiger partial charge in [0.15, 0.2) is 0 Å². The van der Waals surface area contributed by atoms with Crippen molar-refractivity contribution in [2.45, 2.75) is 26.6 Å². The fourth-order valence-corrected chi connectivity index (χ4v) is 1.54. The van der Waals surface area contributed by atoms with Crippen molar-refractivity contribution >= 4 is 0 Å². The van der Waals surface area contributed by atoms with E-state index in [1.807, 2.05) is 24.3 Å². The molecule has 1 rings (SSSR count). The standard InChI is InChI=1S/C13H17NO2/c1-13(2,9-14)12(15)11-7-5-4-6-10(11)8-16-3/h4-7,12,15H,8H2,1-3H3. The Balaban J connectivity index is 3.08. The molecule has 0 aliphatic carbocycles. The molecule has 1 aromatic rings. The van der Waals surface area contributed by atoms with E-state index >= 15 is 0 Å². The van der Waals surface area contributed by atoms with Gasteiger partial charge in [0, 0.05) is 7.11 Å². The van der Waals surface area contributed by atoms with E-state index in [-0.39, 0.29) is 0 Å². The first-order valence-corrected chi connectivity index (χ1v) is 5.19. The molecule has 0 amide bonds. The number of hydrogen-bond donors (Lipinski definition) is 1. The molecule has 1 aromatic carbocycles. The van der Waals surface area contributed by atoms with Crippen LogP contribution in [-0.2, 0) is 11.3 Å².